The van der Waals surface area contributed by atoms with E-state index in [1.807, 2.05) is 7.05 Å². The first kappa shape index (κ1) is 22.0. The van der Waals surface area contributed by atoms with Gasteiger partial charge in [-0.05, 0) is 50.0 Å². The first-order valence-corrected chi connectivity index (χ1v) is 11.6. The quantitative estimate of drug-likeness (QED) is 0.686. The van der Waals surface area contributed by atoms with Crippen LogP contribution in [0.15, 0.2) is 24.3 Å². The summed E-state index contributed by atoms with van der Waals surface area (Å²) in [6.07, 6.45) is 7.64. The van der Waals surface area contributed by atoms with Gasteiger partial charge in [0.15, 0.2) is 10.6 Å². The van der Waals surface area contributed by atoms with E-state index < -0.39 is 0 Å². The smallest absolute Gasteiger partial charge is 0.315 e. The number of amides is 2. The molecule has 9 heteroatoms. The lowest BCUT2D eigenvalue weighted by atomic mass is 9.96. The number of aromatic nitrogens is 3. The van der Waals surface area contributed by atoms with E-state index in [-0.39, 0.29) is 17.9 Å². The van der Waals surface area contributed by atoms with Crippen molar-refractivity contribution in [3.05, 3.63) is 34.9 Å². The molecule has 2 heterocycles. The largest absolute Gasteiger partial charge is 0.335 e. The van der Waals surface area contributed by atoms with Gasteiger partial charge in [0.2, 0.25) is 0 Å². The molecule has 0 spiro atoms. The Bertz CT molecular complexity index is 959. The van der Waals surface area contributed by atoms with Crippen molar-refractivity contribution in [3.8, 4) is 11.4 Å². The van der Waals surface area contributed by atoms with E-state index in [0.29, 0.717) is 28.9 Å². The molecule has 1 saturated heterocycles. The number of urea groups is 1. The van der Waals surface area contributed by atoms with Gasteiger partial charge in [0, 0.05) is 32.2 Å². The Morgan fingerprint density at radius 1 is 1.10 bits per heavy atom. The summed E-state index contributed by atoms with van der Waals surface area (Å²) in [5.74, 6) is 0.218. The van der Waals surface area contributed by atoms with Crippen LogP contribution in [0.4, 0.5) is 9.18 Å². The molecule has 7 nitrogen and oxygen atoms in total. The molecular weight excluding hydrogens is 415 g/mol. The fourth-order valence-corrected chi connectivity index (χ4v) is 4.71. The summed E-state index contributed by atoms with van der Waals surface area (Å²) in [6, 6.07) is 7.08. The third kappa shape index (κ3) is 5.33. The highest BCUT2D eigenvalue weighted by Gasteiger charge is 2.23. The molecule has 1 aliphatic heterocycles. The first-order valence-electron chi connectivity index (χ1n) is 11.2. The first-order chi connectivity index (χ1) is 15.0. The van der Waals surface area contributed by atoms with Crippen LogP contribution in [-0.4, -0.2) is 50.5 Å². The second-order valence-electron chi connectivity index (χ2n) is 8.63. The van der Waals surface area contributed by atoms with Crippen LogP contribution in [0, 0.1) is 10.6 Å². The van der Waals surface area contributed by atoms with Crippen LogP contribution in [0.5, 0.6) is 0 Å². The van der Waals surface area contributed by atoms with Crippen molar-refractivity contribution in [1.29, 1.82) is 0 Å². The molecule has 168 valence electrons. The van der Waals surface area contributed by atoms with E-state index in [1.54, 1.807) is 27.4 Å². The number of likely N-dealkylation sites (tertiary alicyclic amines) is 1. The maximum Gasteiger partial charge on any atom is 0.315 e. The topological polar surface area (TPSA) is 67.1 Å². The van der Waals surface area contributed by atoms with Crippen molar-refractivity contribution in [1.82, 2.24) is 29.9 Å². The number of piperidine rings is 1. The van der Waals surface area contributed by atoms with Gasteiger partial charge >= 0.3 is 6.03 Å². The zero-order valence-electron chi connectivity index (χ0n) is 18.0. The van der Waals surface area contributed by atoms with Crippen LogP contribution in [0.1, 0.15) is 44.9 Å². The number of hydrogen-bond donors (Lipinski definition) is 2. The highest BCUT2D eigenvalue weighted by atomic mass is 32.1. The highest BCUT2D eigenvalue weighted by Crippen LogP contribution is 2.21. The molecule has 2 fully saturated rings. The summed E-state index contributed by atoms with van der Waals surface area (Å²) in [5.41, 5.74) is 0.446. The number of halogens is 1. The van der Waals surface area contributed by atoms with Crippen molar-refractivity contribution in [3.63, 3.8) is 0 Å². The molecule has 0 unspecified atom stereocenters. The summed E-state index contributed by atoms with van der Waals surface area (Å²) in [7, 11) is 1.81. The number of nitrogens with zero attached hydrogens (tertiary/aromatic N) is 4. The van der Waals surface area contributed by atoms with Gasteiger partial charge in [0.25, 0.3) is 0 Å². The standard InChI is InChI=1S/C22H31FN6OS/c1-27-20(18-9-5-6-10-19(18)23)26-29(22(27)31)15-28-13-11-17(12-14-28)25-21(30)24-16-7-3-2-4-8-16/h5-6,9-10,16-17H,2-4,7-8,11-15H2,1H3,(H2,24,25,30). The Kier molecular flexibility index (Phi) is 7.02. The van der Waals surface area contributed by atoms with Gasteiger partial charge < -0.3 is 15.2 Å². The molecule has 1 aromatic carbocycles. The molecule has 1 aromatic heterocycles. The minimum absolute atomic E-state index is 0.0353. The van der Waals surface area contributed by atoms with Gasteiger partial charge in [-0.25, -0.2) is 13.9 Å². The Balaban J connectivity index is 1.30. The minimum Gasteiger partial charge on any atom is -0.335 e. The van der Waals surface area contributed by atoms with Crippen LogP contribution < -0.4 is 10.6 Å². The Morgan fingerprint density at radius 3 is 2.42 bits per heavy atom. The normalized spacial score (nSPS) is 18.8. The van der Waals surface area contributed by atoms with Crippen LogP contribution >= 0.6 is 12.2 Å². The van der Waals surface area contributed by atoms with E-state index in [9.17, 15) is 9.18 Å². The summed E-state index contributed by atoms with van der Waals surface area (Å²) >= 11 is 5.53. The monoisotopic (exact) mass is 446 g/mol. The SMILES string of the molecule is Cn1c(-c2ccccc2F)nn(CN2CCC(NC(=O)NC3CCCCC3)CC2)c1=S. The summed E-state index contributed by atoms with van der Waals surface area (Å²) in [4.78, 5) is 14.6. The molecule has 4 rings (SSSR count). The van der Waals surface area contributed by atoms with Gasteiger partial charge in [0.05, 0.1) is 12.2 Å². The number of benzene rings is 1. The van der Waals surface area contributed by atoms with E-state index in [0.717, 1.165) is 38.8 Å². The van der Waals surface area contributed by atoms with Gasteiger partial charge in [-0.2, -0.15) is 5.10 Å². The van der Waals surface area contributed by atoms with Crippen LogP contribution in [0.25, 0.3) is 11.4 Å². The zero-order chi connectivity index (χ0) is 21.8. The minimum atomic E-state index is -0.309. The molecule has 2 N–H and O–H groups in total. The van der Waals surface area contributed by atoms with Crippen LogP contribution in [0.3, 0.4) is 0 Å². The summed E-state index contributed by atoms with van der Waals surface area (Å²) in [6.45, 7) is 2.26. The van der Waals surface area contributed by atoms with E-state index in [4.69, 9.17) is 12.2 Å². The lowest BCUT2D eigenvalue weighted by Crippen LogP contribution is -2.50. The average molecular weight is 447 g/mol. The van der Waals surface area contributed by atoms with E-state index in [2.05, 4.69) is 20.6 Å². The average Bonchev–Trinajstić information content (AvgIpc) is 3.04. The molecule has 1 saturated carbocycles. The summed E-state index contributed by atoms with van der Waals surface area (Å²) in [5, 5.41) is 10.8. The molecule has 2 aliphatic rings. The van der Waals surface area contributed by atoms with Gasteiger partial charge in [0.1, 0.15) is 5.82 Å². The third-order valence-electron chi connectivity index (χ3n) is 6.35. The number of hydrogen-bond acceptors (Lipinski definition) is 4. The molecule has 2 amide bonds. The Morgan fingerprint density at radius 2 is 1.74 bits per heavy atom. The van der Waals surface area contributed by atoms with Crippen molar-refractivity contribution >= 4 is 18.2 Å². The van der Waals surface area contributed by atoms with Crippen molar-refractivity contribution in [2.24, 2.45) is 7.05 Å². The molecule has 0 radical (unpaired) electrons. The molecule has 1 aliphatic carbocycles. The van der Waals surface area contributed by atoms with Gasteiger partial charge in [-0.1, -0.05) is 31.4 Å². The highest BCUT2D eigenvalue weighted by molar-refractivity contribution is 7.71. The third-order valence-corrected chi connectivity index (χ3v) is 6.84. The maximum atomic E-state index is 14.2. The number of rotatable bonds is 5. The van der Waals surface area contributed by atoms with Gasteiger partial charge in [-0.3, -0.25) is 4.90 Å². The second-order valence-corrected chi connectivity index (χ2v) is 9.00. The number of carbonyl (C=O) groups excluding carboxylic acids is 1. The Hall–Kier alpha value is -2.26. The molecule has 0 atom stereocenters. The molecular formula is C22H31FN6OS. The molecule has 2 aromatic rings. The van der Waals surface area contributed by atoms with Crippen molar-refractivity contribution in [2.75, 3.05) is 13.1 Å². The number of carbonyl (C=O) groups is 1. The number of nitrogens with one attached hydrogen (secondary N) is 2. The molecule has 0 bridgehead atoms. The fraction of sp³-hybridized carbons (Fsp3) is 0.591. The summed E-state index contributed by atoms with van der Waals surface area (Å²) < 4.78 is 18.3. The van der Waals surface area contributed by atoms with Crippen molar-refractivity contribution in [2.45, 2.75) is 63.7 Å². The second kappa shape index (κ2) is 9.91. The maximum absolute atomic E-state index is 14.2. The van der Waals surface area contributed by atoms with Gasteiger partial charge in [-0.15, -0.1) is 0 Å². The van der Waals surface area contributed by atoms with E-state index >= 15 is 0 Å². The van der Waals surface area contributed by atoms with E-state index in [1.165, 1.54) is 25.3 Å². The lowest BCUT2D eigenvalue weighted by Gasteiger charge is -2.32. The molecule has 31 heavy (non-hydrogen) atoms. The van der Waals surface area contributed by atoms with Crippen molar-refractivity contribution < 1.29 is 9.18 Å². The zero-order valence-corrected chi connectivity index (χ0v) is 18.8. The predicted molar refractivity (Wildman–Crippen MR) is 121 cm³/mol. The van der Waals surface area contributed by atoms with Crippen LogP contribution in [-0.2, 0) is 13.7 Å². The predicted octanol–water partition coefficient (Wildman–Crippen LogP) is 3.81. The lowest BCUT2D eigenvalue weighted by molar-refractivity contribution is 0.150. The fourth-order valence-electron chi connectivity index (χ4n) is 4.52. The van der Waals surface area contributed by atoms with Crippen LogP contribution in [0.2, 0.25) is 0 Å². The Labute approximate surface area is 187 Å².